The van der Waals surface area contributed by atoms with E-state index in [-0.39, 0.29) is 5.54 Å². The number of rotatable bonds is 5. The third kappa shape index (κ3) is 2.72. The maximum atomic E-state index is 5.89. The lowest BCUT2D eigenvalue weighted by atomic mass is 9.96. The van der Waals surface area contributed by atoms with Crippen LogP contribution in [0.15, 0.2) is 12.1 Å². The predicted octanol–water partition coefficient (Wildman–Crippen LogP) is 2.62. The highest BCUT2D eigenvalue weighted by atomic mass is 35.5. The van der Waals surface area contributed by atoms with Crippen LogP contribution in [0.1, 0.15) is 24.6 Å². The summed E-state index contributed by atoms with van der Waals surface area (Å²) in [5.74, 6) is 0.762. The molecule has 3 N–H and O–H groups in total. The lowest BCUT2D eigenvalue weighted by molar-refractivity contribution is 0.318. The van der Waals surface area contributed by atoms with Gasteiger partial charge in [-0.25, -0.2) is 0 Å². The Hall–Kier alpha value is -0.0900. The molecule has 1 atom stereocenters. The molecule has 1 aromatic rings. The van der Waals surface area contributed by atoms with Gasteiger partial charge in [0.1, 0.15) is 0 Å². The van der Waals surface area contributed by atoms with Gasteiger partial charge < -0.3 is 11.1 Å². The van der Waals surface area contributed by atoms with Crippen LogP contribution in [0.4, 0.5) is 0 Å². The Morgan fingerprint density at radius 2 is 2.33 bits per heavy atom. The van der Waals surface area contributed by atoms with Crippen molar-refractivity contribution in [2.45, 2.75) is 31.8 Å². The van der Waals surface area contributed by atoms with Gasteiger partial charge in [-0.1, -0.05) is 11.6 Å². The molecule has 1 heterocycles. The normalized spacial score (nSPS) is 20.2. The first-order chi connectivity index (χ1) is 7.14. The molecule has 1 unspecified atom stereocenters. The Morgan fingerprint density at radius 1 is 1.60 bits per heavy atom. The van der Waals surface area contributed by atoms with Crippen LogP contribution in [0.25, 0.3) is 0 Å². The molecule has 0 aromatic carbocycles. The SMILES string of the molecule is CC(CN)(NCc1ccc(Cl)s1)C1CC1. The fourth-order valence-corrected chi connectivity index (χ4v) is 2.87. The first-order valence-electron chi connectivity index (χ1n) is 5.33. The van der Waals surface area contributed by atoms with Gasteiger partial charge in [-0.15, -0.1) is 11.3 Å². The minimum atomic E-state index is 0.108. The molecule has 0 aliphatic heterocycles. The van der Waals surface area contributed by atoms with Crippen LogP contribution < -0.4 is 11.1 Å². The van der Waals surface area contributed by atoms with Gasteiger partial charge in [0.15, 0.2) is 0 Å². The maximum absolute atomic E-state index is 5.89. The summed E-state index contributed by atoms with van der Waals surface area (Å²) in [5.41, 5.74) is 5.94. The van der Waals surface area contributed by atoms with E-state index in [0.717, 1.165) is 16.8 Å². The number of hydrogen-bond donors (Lipinski definition) is 2. The standard InChI is InChI=1S/C11H17ClN2S/c1-11(7-13,8-2-3-8)14-6-9-4-5-10(12)15-9/h4-5,8,14H,2-3,6-7,13H2,1H3. The average molecular weight is 245 g/mol. The van der Waals surface area contributed by atoms with E-state index < -0.39 is 0 Å². The Kier molecular flexibility index (Phi) is 3.36. The lowest BCUT2D eigenvalue weighted by Gasteiger charge is -2.29. The molecule has 1 aliphatic carbocycles. The second kappa shape index (κ2) is 4.42. The number of hydrogen-bond acceptors (Lipinski definition) is 3. The highest BCUT2D eigenvalue weighted by Gasteiger charge is 2.39. The van der Waals surface area contributed by atoms with E-state index in [2.05, 4.69) is 18.3 Å². The minimum Gasteiger partial charge on any atom is -0.329 e. The van der Waals surface area contributed by atoms with Crippen molar-refractivity contribution in [3.63, 3.8) is 0 Å². The molecule has 4 heteroatoms. The van der Waals surface area contributed by atoms with Crippen LogP contribution >= 0.6 is 22.9 Å². The third-order valence-corrected chi connectivity index (χ3v) is 4.43. The Bertz CT molecular complexity index is 335. The third-order valence-electron chi connectivity index (χ3n) is 3.20. The monoisotopic (exact) mass is 244 g/mol. The molecule has 2 nitrogen and oxygen atoms in total. The van der Waals surface area contributed by atoms with E-state index in [9.17, 15) is 0 Å². The highest BCUT2D eigenvalue weighted by molar-refractivity contribution is 7.16. The Morgan fingerprint density at radius 3 is 2.80 bits per heavy atom. The molecule has 1 aliphatic rings. The molecule has 0 amide bonds. The highest BCUT2D eigenvalue weighted by Crippen LogP contribution is 2.39. The van der Waals surface area contributed by atoms with Crippen LogP contribution in [0.3, 0.4) is 0 Å². The number of halogens is 1. The molecule has 0 saturated heterocycles. The van der Waals surface area contributed by atoms with Crippen LogP contribution in [0, 0.1) is 5.92 Å². The van der Waals surface area contributed by atoms with Crippen molar-refractivity contribution < 1.29 is 0 Å². The van der Waals surface area contributed by atoms with Gasteiger partial charge in [0.2, 0.25) is 0 Å². The molecule has 2 rings (SSSR count). The van der Waals surface area contributed by atoms with E-state index in [1.54, 1.807) is 11.3 Å². The van der Waals surface area contributed by atoms with E-state index >= 15 is 0 Å². The number of thiophene rings is 1. The van der Waals surface area contributed by atoms with Crippen molar-refractivity contribution in [3.05, 3.63) is 21.3 Å². The van der Waals surface area contributed by atoms with E-state index in [4.69, 9.17) is 17.3 Å². The molecular formula is C11H17ClN2S. The average Bonchev–Trinajstić information content (AvgIpc) is 3.00. The first kappa shape index (κ1) is 11.4. The summed E-state index contributed by atoms with van der Waals surface area (Å²) in [6.45, 7) is 3.80. The summed E-state index contributed by atoms with van der Waals surface area (Å²) in [6, 6.07) is 4.02. The van der Waals surface area contributed by atoms with Crippen molar-refractivity contribution in [2.75, 3.05) is 6.54 Å². The molecule has 0 spiro atoms. The summed E-state index contributed by atoms with van der Waals surface area (Å²) in [5, 5.41) is 3.56. The first-order valence-corrected chi connectivity index (χ1v) is 6.53. The lowest BCUT2D eigenvalue weighted by Crippen LogP contribution is -2.50. The van der Waals surface area contributed by atoms with Gasteiger partial charge >= 0.3 is 0 Å². The zero-order valence-electron chi connectivity index (χ0n) is 8.92. The van der Waals surface area contributed by atoms with E-state index in [1.165, 1.54) is 17.7 Å². The molecule has 1 fully saturated rings. The van der Waals surface area contributed by atoms with Gasteiger partial charge in [0, 0.05) is 23.5 Å². The van der Waals surface area contributed by atoms with Crippen molar-refractivity contribution in [2.24, 2.45) is 11.7 Å². The maximum Gasteiger partial charge on any atom is 0.0931 e. The summed E-state index contributed by atoms with van der Waals surface area (Å²) >= 11 is 7.52. The van der Waals surface area contributed by atoms with E-state index in [0.29, 0.717) is 6.54 Å². The summed E-state index contributed by atoms with van der Waals surface area (Å²) < 4.78 is 0.854. The van der Waals surface area contributed by atoms with Crippen LogP contribution in [0.2, 0.25) is 4.34 Å². The quantitative estimate of drug-likeness (QED) is 0.836. The second-order valence-corrected chi connectivity index (χ2v) is 6.25. The number of nitrogens with two attached hydrogens (primary N) is 1. The number of nitrogens with one attached hydrogen (secondary N) is 1. The Labute approximate surface area is 99.8 Å². The fourth-order valence-electron chi connectivity index (χ4n) is 1.84. The van der Waals surface area contributed by atoms with E-state index in [1.807, 2.05) is 6.07 Å². The van der Waals surface area contributed by atoms with Crippen LogP contribution in [-0.4, -0.2) is 12.1 Å². The largest absolute Gasteiger partial charge is 0.329 e. The predicted molar refractivity (Wildman–Crippen MR) is 66.4 cm³/mol. The fraction of sp³-hybridized carbons (Fsp3) is 0.636. The van der Waals surface area contributed by atoms with Gasteiger partial charge in [-0.2, -0.15) is 0 Å². The van der Waals surface area contributed by atoms with Gasteiger partial charge in [0.25, 0.3) is 0 Å². The minimum absolute atomic E-state index is 0.108. The van der Waals surface area contributed by atoms with Gasteiger partial charge in [-0.05, 0) is 37.8 Å². The van der Waals surface area contributed by atoms with Crippen molar-refractivity contribution in [3.8, 4) is 0 Å². The molecule has 84 valence electrons. The summed E-state index contributed by atoms with van der Waals surface area (Å²) in [7, 11) is 0. The van der Waals surface area contributed by atoms with Crippen LogP contribution in [0.5, 0.6) is 0 Å². The summed E-state index contributed by atoms with van der Waals surface area (Å²) in [4.78, 5) is 1.28. The molecule has 1 aromatic heterocycles. The molecule has 1 saturated carbocycles. The molecular weight excluding hydrogens is 228 g/mol. The van der Waals surface area contributed by atoms with Gasteiger partial charge in [0.05, 0.1) is 4.34 Å². The molecule has 0 bridgehead atoms. The van der Waals surface area contributed by atoms with Gasteiger partial charge in [-0.3, -0.25) is 0 Å². The molecule has 0 radical (unpaired) electrons. The van der Waals surface area contributed by atoms with Crippen molar-refractivity contribution in [1.82, 2.24) is 5.32 Å². The Balaban J connectivity index is 1.91. The zero-order chi connectivity index (χ0) is 10.9. The zero-order valence-corrected chi connectivity index (χ0v) is 10.5. The second-order valence-electron chi connectivity index (χ2n) is 4.46. The summed E-state index contributed by atoms with van der Waals surface area (Å²) in [6.07, 6.45) is 2.62. The topological polar surface area (TPSA) is 38.0 Å². The molecule has 15 heavy (non-hydrogen) atoms. The van der Waals surface area contributed by atoms with Crippen LogP contribution in [-0.2, 0) is 6.54 Å². The van der Waals surface area contributed by atoms with Crippen molar-refractivity contribution in [1.29, 1.82) is 0 Å². The smallest absolute Gasteiger partial charge is 0.0931 e. The van der Waals surface area contributed by atoms with Crippen molar-refractivity contribution >= 4 is 22.9 Å².